The summed E-state index contributed by atoms with van der Waals surface area (Å²) in [4.78, 5) is 23.2. The number of guanidine groups is 1. The second kappa shape index (κ2) is 9.55. The predicted molar refractivity (Wildman–Crippen MR) is 98.5 cm³/mol. The molecule has 0 saturated carbocycles. The highest BCUT2D eigenvalue weighted by Gasteiger charge is 2.38. The largest absolute Gasteiger partial charge is 0.490 e. The van der Waals surface area contributed by atoms with Crippen molar-refractivity contribution in [2.75, 3.05) is 11.0 Å². The Morgan fingerprint density at radius 2 is 1.83 bits per heavy atom. The molecule has 0 atom stereocenters. The van der Waals surface area contributed by atoms with Crippen LogP contribution >= 0.6 is 11.8 Å². The summed E-state index contributed by atoms with van der Waals surface area (Å²) in [5.41, 5.74) is 5.31. The van der Waals surface area contributed by atoms with E-state index in [4.69, 9.17) is 37.9 Å². The van der Waals surface area contributed by atoms with Gasteiger partial charge >= 0.3 is 18.1 Å². The molecule has 2 rings (SSSR count). The summed E-state index contributed by atoms with van der Waals surface area (Å²) in [6, 6.07) is 5.74. The topological polar surface area (TPSA) is 187 Å². The van der Waals surface area contributed by atoms with Crippen LogP contribution in [0.5, 0.6) is 0 Å². The maximum atomic E-state index is 12.1. The highest BCUT2D eigenvalue weighted by Crippen LogP contribution is 2.27. The van der Waals surface area contributed by atoms with Crippen molar-refractivity contribution in [1.82, 2.24) is 9.71 Å². The number of anilines is 1. The number of sulfonamides is 1. The molecule has 0 spiro atoms. The molecule has 0 bridgehead atoms. The number of benzene rings is 1. The molecule has 11 nitrogen and oxygen atoms in total. The summed E-state index contributed by atoms with van der Waals surface area (Å²) in [6.45, 7) is -0.741. The van der Waals surface area contributed by atoms with E-state index in [0.717, 1.165) is 4.42 Å². The molecule has 30 heavy (non-hydrogen) atoms. The second-order valence-electron chi connectivity index (χ2n) is 5.20. The van der Waals surface area contributed by atoms with Crippen molar-refractivity contribution in [2.45, 2.75) is 11.1 Å². The molecule has 6 N–H and O–H groups in total. The Balaban J connectivity index is 0.000000553. The fraction of sp³-hybridized carbons (Fsp3) is 0.143. The Bertz CT molecular complexity index is 1080. The summed E-state index contributed by atoms with van der Waals surface area (Å²) in [5, 5.41) is 24.0. The third kappa shape index (κ3) is 6.71. The van der Waals surface area contributed by atoms with E-state index in [2.05, 4.69) is 4.98 Å². The molecule has 0 saturated heterocycles. The molecule has 1 aromatic heterocycles. The summed E-state index contributed by atoms with van der Waals surface area (Å²) < 4.78 is 58.6. The van der Waals surface area contributed by atoms with E-state index in [-0.39, 0.29) is 10.7 Å². The molecule has 2 aromatic rings. The molecular weight excluding hydrogens is 459 g/mol. The zero-order chi connectivity index (χ0) is 23.3. The number of alkyl halides is 3. The van der Waals surface area contributed by atoms with Gasteiger partial charge in [0.25, 0.3) is 0 Å². The monoisotopic (exact) mass is 471 g/mol. The lowest BCUT2D eigenvalue weighted by Crippen LogP contribution is -2.30. The van der Waals surface area contributed by atoms with Gasteiger partial charge in [0, 0.05) is 23.4 Å². The van der Waals surface area contributed by atoms with Gasteiger partial charge in [-0.3, -0.25) is 10.2 Å². The van der Waals surface area contributed by atoms with Gasteiger partial charge in [0.05, 0.1) is 4.90 Å². The van der Waals surface area contributed by atoms with Crippen LogP contribution in [0.3, 0.4) is 0 Å². The lowest BCUT2D eigenvalue weighted by molar-refractivity contribution is -0.192. The second-order valence-corrected chi connectivity index (χ2v) is 7.31. The van der Waals surface area contributed by atoms with Crippen LogP contribution in [-0.4, -0.2) is 54.2 Å². The molecule has 0 aliphatic rings. The highest BCUT2D eigenvalue weighted by atomic mass is 35.5. The van der Waals surface area contributed by atoms with Crippen molar-refractivity contribution in [3.05, 3.63) is 30.5 Å². The first-order valence-electron chi connectivity index (χ1n) is 7.37. The number of nitrogens with zero attached hydrogens (tertiary/aromatic N) is 2. The molecule has 0 fully saturated rings. The Hall–Kier alpha value is -3.17. The predicted octanol–water partition coefficient (Wildman–Crippen LogP) is 1.08. The number of pyridine rings is 1. The third-order valence-corrected chi connectivity index (χ3v) is 4.82. The number of carboxylic acids is 2. The maximum Gasteiger partial charge on any atom is 0.490 e. The quantitative estimate of drug-likeness (QED) is 0.241. The van der Waals surface area contributed by atoms with Gasteiger partial charge in [-0.05, 0) is 23.6 Å². The molecule has 0 radical (unpaired) electrons. The summed E-state index contributed by atoms with van der Waals surface area (Å²) >= 11 is 5.87. The van der Waals surface area contributed by atoms with Crippen molar-refractivity contribution < 1.29 is 41.4 Å². The van der Waals surface area contributed by atoms with Gasteiger partial charge in [-0.2, -0.15) is 17.9 Å². The van der Waals surface area contributed by atoms with Gasteiger partial charge < -0.3 is 15.9 Å². The molecule has 1 heterocycles. The molecule has 0 unspecified atom stereocenters. The number of halogens is 4. The highest BCUT2D eigenvalue weighted by molar-refractivity contribution is 7.89. The molecule has 0 amide bonds. The SMILES string of the molecule is N=C(N)N(Cl)c1nccc2ccc(S(=O)(=O)NCC(=O)O)cc12.O=C(O)C(F)(F)F. The van der Waals surface area contributed by atoms with Gasteiger partial charge in [0.1, 0.15) is 6.54 Å². The standard InChI is InChI=1S/C12H12ClN5O4S.C2HF3O2/c13-18(12(14)15)11-9-5-8(2-1-7(9)3-4-16-11)23(21,22)17-6-10(19)20;3-2(4,5)1(6)7/h1-5,17H,6H2,(H3,14,15)(H,19,20);(H,6,7). The van der Waals surface area contributed by atoms with E-state index in [0.29, 0.717) is 10.8 Å². The minimum absolute atomic E-state index is 0.0898. The first kappa shape index (κ1) is 24.9. The lowest BCUT2D eigenvalue weighted by atomic mass is 10.1. The van der Waals surface area contributed by atoms with Crippen molar-refractivity contribution in [1.29, 1.82) is 5.41 Å². The lowest BCUT2D eigenvalue weighted by Gasteiger charge is -2.15. The number of nitrogens with two attached hydrogens (primary N) is 1. The normalized spacial score (nSPS) is 11.3. The number of nitrogens with one attached hydrogen (secondary N) is 2. The van der Waals surface area contributed by atoms with Crippen molar-refractivity contribution in [3.63, 3.8) is 0 Å². The van der Waals surface area contributed by atoms with E-state index < -0.39 is 40.6 Å². The minimum Gasteiger partial charge on any atom is -0.480 e. The smallest absolute Gasteiger partial charge is 0.480 e. The van der Waals surface area contributed by atoms with Crippen LogP contribution in [0.1, 0.15) is 0 Å². The Morgan fingerprint density at radius 1 is 1.27 bits per heavy atom. The number of aliphatic carboxylic acids is 2. The van der Waals surface area contributed by atoms with Crippen LogP contribution in [0.25, 0.3) is 10.8 Å². The van der Waals surface area contributed by atoms with E-state index in [9.17, 15) is 26.4 Å². The Morgan fingerprint density at radius 3 is 2.30 bits per heavy atom. The van der Waals surface area contributed by atoms with Gasteiger partial charge in [0.2, 0.25) is 16.0 Å². The molecule has 0 aliphatic heterocycles. The van der Waals surface area contributed by atoms with Gasteiger partial charge in [-0.1, -0.05) is 6.07 Å². The zero-order valence-electron chi connectivity index (χ0n) is 14.5. The van der Waals surface area contributed by atoms with Crippen LogP contribution in [0.15, 0.2) is 35.4 Å². The van der Waals surface area contributed by atoms with Crippen LogP contribution in [0, 0.1) is 5.41 Å². The number of rotatable bonds is 5. The third-order valence-electron chi connectivity index (χ3n) is 3.08. The summed E-state index contributed by atoms with van der Waals surface area (Å²) in [7, 11) is -4.01. The minimum atomic E-state index is -5.08. The zero-order valence-corrected chi connectivity index (χ0v) is 16.1. The Kier molecular flexibility index (Phi) is 7.92. The number of carboxylic acid groups (broad SMARTS) is 2. The average molecular weight is 472 g/mol. The summed E-state index contributed by atoms with van der Waals surface area (Å²) in [5.74, 6) is -4.45. The number of carbonyl (C=O) groups is 2. The average Bonchev–Trinajstić information content (AvgIpc) is 2.64. The van der Waals surface area contributed by atoms with Crippen LogP contribution in [-0.2, 0) is 19.6 Å². The van der Waals surface area contributed by atoms with Gasteiger partial charge in [-0.15, -0.1) is 0 Å². The Labute approximate surface area is 171 Å². The van der Waals surface area contributed by atoms with Crippen molar-refractivity contribution in [3.8, 4) is 0 Å². The molecule has 164 valence electrons. The molecule has 0 aliphatic carbocycles. The fourth-order valence-electron chi connectivity index (χ4n) is 1.81. The fourth-order valence-corrected chi connectivity index (χ4v) is 2.94. The maximum absolute atomic E-state index is 12.1. The van der Waals surface area contributed by atoms with Crippen molar-refractivity contribution in [2.24, 2.45) is 5.73 Å². The van der Waals surface area contributed by atoms with Crippen molar-refractivity contribution >= 4 is 56.3 Å². The van der Waals surface area contributed by atoms with Crippen LogP contribution in [0.4, 0.5) is 19.0 Å². The van der Waals surface area contributed by atoms with Crippen LogP contribution in [0.2, 0.25) is 0 Å². The van der Waals surface area contributed by atoms with E-state index in [1.54, 1.807) is 6.07 Å². The first-order chi connectivity index (χ1) is 13.7. The van der Waals surface area contributed by atoms with E-state index in [1.165, 1.54) is 24.4 Å². The molecule has 1 aromatic carbocycles. The van der Waals surface area contributed by atoms with Gasteiger partial charge in [-0.25, -0.2) is 22.6 Å². The molecule has 16 heteroatoms. The number of fused-ring (bicyclic) bond motifs is 1. The number of hydrogen-bond donors (Lipinski definition) is 5. The first-order valence-corrected chi connectivity index (χ1v) is 9.19. The van der Waals surface area contributed by atoms with E-state index in [1.807, 2.05) is 4.72 Å². The summed E-state index contributed by atoms with van der Waals surface area (Å²) in [6.07, 6.45) is -3.65. The van der Waals surface area contributed by atoms with Crippen LogP contribution < -0.4 is 14.9 Å². The number of hydrogen-bond acceptors (Lipinski definition) is 6. The van der Waals surface area contributed by atoms with Gasteiger partial charge in [0.15, 0.2) is 5.82 Å². The number of aromatic nitrogens is 1. The van der Waals surface area contributed by atoms with E-state index >= 15 is 0 Å². The molecular formula is C14H13ClF3N5O6S.